The lowest BCUT2D eigenvalue weighted by Gasteiger charge is -2.11. The maximum Gasteiger partial charge on any atom is 0.305 e. The van der Waals surface area contributed by atoms with E-state index in [0.717, 1.165) is 38.5 Å². The van der Waals surface area contributed by atoms with Gasteiger partial charge in [0, 0.05) is 33.2 Å². The van der Waals surface area contributed by atoms with Crippen LogP contribution in [0.5, 0.6) is 0 Å². The number of ether oxygens (including phenoxy) is 2. The van der Waals surface area contributed by atoms with Gasteiger partial charge in [0.05, 0.1) is 13.7 Å². The summed E-state index contributed by atoms with van der Waals surface area (Å²) in [5, 5.41) is 6.31. The van der Waals surface area contributed by atoms with Crippen LogP contribution < -0.4 is 10.6 Å². The quantitative estimate of drug-likeness (QED) is 0.204. The zero-order chi connectivity index (χ0) is 13.6. The number of carbonyl (C=O) groups excluding carboxylic acids is 1. The predicted octanol–water partition coefficient (Wildman–Crippen LogP) is 1.15. The molecule has 0 amide bonds. The summed E-state index contributed by atoms with van der Waals surface area (Å²) in [5.74, 6) is 0.599. The Kier molecular flexibility index (Phi) is 16.9. The van der Waals surface area contributed by atoms with Crippen LogP contribution in [0.3, 0.4) is 0 Å². The topological polar surface area (TPSA) is 72.0 Å². The van der Waals surface area contributed by atoms with Gasteiger partial charge in [-0.3, -0.25) is 9.79 Å². The highest BCUT2D eigenvalue weighted by Gasteiger charge is 2.00. The zero-order valence-electron chi connectivity index (χ0n) is 12.0. The number of nitrogens with zero attached hydrogens (tertiary/aromatic N) is 1. The highest BCUT2D eigenvalue weighted by molar-refractivity contribution is 14.0. The fourth-order valence-electron chi connectivity index (χ4n) is 1.31. The van der Waals surface area contributed by atoms with Crippen molar-refractivity contribution in [2.24, 2.45) is 4.99 Å². The number of halogens is 1. The third kappa shape index (κ3) is 13.7. The second-order valence-corrected chi connectivity index (χ2v) is 3.66. The molecule has 0 saturated heterocycles. The number of methoxy groups -OCH3 is 1. The molecule has 0 aromatic carbocycles. The highest BCUT2D eigenvalue weighted by Crippen LogP contribution is 1.95. The Morgan fingerprint density at radius 1 is 1.21 bits per heavy atom. The Labute approximate surface area is 132 Å². The zero-order valence-corrected chi connectivity index (χ0v) is 14.4. The smallest absolute Gasteiger partial charge is 0.305 e. The van der Waals surface area contributed by atoms with E-state index in [1.165, 1.54) is 7.11 Å². The standard InChI is InChI=1S/C12H25N3O3.HI/c1-4-18-10-9-15-12(13-2)14-8-6-5-7-11(16)17-3;/h4-10H2,1-3H3,(H2,13,14,15);1H. The molecule has 0 rings (SSSR count). The molecular weight excluding hydrogens is 361 g/mol. The molecule has 0 radical (unpaired) electrons. The van der Waals surface area contributed by atoms with Crippen LogP contribution in [0.15, 0.2) is 4.99 Å². The van der Waals surface area contributed by atoms with E-state index in [0.29, 0.717) is 13.0 Å². The van der Waals surface area contributed by atoms with Gasteiger partial charge in [0.15, 0.2) is 5.96 Å². The highest BCUT2D eigenvalue weighted by atomic mass is 127. The molecule has 0 aliphatic rings. The van der Waals surface area contributed by atoms with E-state index < -0.39 is 0 Å². The molecule has 0 unspecified atom stereocenters. The summed E-state index contributed by atoms with van der Waals surface area (Å²) in [6, 6.07) is 0. The summed E-state index contributed by atoms with van der Waals surface area (Å²) in [6.07, 6.45) is 2.19. The molecule has 0 heterocycles. The van der Waals surface area contributed by atoms with Gasteiger partial charge >= 0.3 is 5.97 Å². The predicted molar refractivity (Wildman–Crippen MR) is 87.1 cm³/mol. The number of carbonyl (C=O) groups is 1. The second-order valence-electron chi connectivity index (χ2n) is 3.66. The Balaban J connectivity index is 0. The summed E-state index contributed by atoms with van der Waals surface area (Å²) in [6.45, 7) is 4.87. The van der Waals surface area contributed by atoms with Crippen molar-refractivity contribution >= 4 is 35.9 Å². The molecule has 0 aromatic heterocycles. The summed E-state index contributed by atoms with van der Waals surface area (Å²) in [4.78, 5) is 15.0. The van der Waals surface area contributed by atoms with Crippen molar-refractivity contribution < 1.29 is 14.3 Å². The molecule has 0 spiro atoms. The monoisotopic (exact) mass is 387 g/mol. The van der Waals surface area contributed by atoms with Crippen molar-refractivity contribution in [3.8, 4) is 0 Å². The van der Waals surface area contributed by atoms with Crippen LogP contribution in [-0.2, 0) is 14.3 Å². The van der Waals surface area contributed by atoms with Crippen molar-refractivity contribution in [3.05, 3.63) is 0 Å². The van der Waals surface area contributed by atoms with Gasteiger partial charge in [-0.1, -0.05) is 0 Å². The SMILES string of the molecule is CCOCCNC(=NC)NCCCCC(=O)OC.I. The number of nitrogens with one attached hydrogen (secondary N) is 2. The normalized spacial score (nSPS) is 10.6. The molecule has 0 aromatic rings. The van der Waals surface area contributed by atoms with Crippen LogP contribution in [0.1, 0.15) is 26.2 Å². The van der Waals surface area contributed by atoms with Gasteiger partial charge < -0.3 is 20.1 Å². The average molecular weight is 387 g/mol. The minimum Gasteiger partial charge on any atom is -0.469 e. The van der Waals surface area contributed by atoms with E-state index in [1.807, 2.05) is 6.92 Å². The van der Waals surface area contributed by atoms with E-state index in [1.54, 1.807) is 7.05 Å². The molecule has 0 aliphatic carbocycles. The number of hydrogen-bond donors (Lipinski definition) is 2. The van der Waals surface area contributed by atoms with Crippen molar-refractivity contribution in [3.63, 3.8) is 0 Å². The molecule has 0 aliphatic heterocycles. The third-order valence-electron chi connectivity index (χ3n) is 2.29. The first kappa shape index (κ1) is 20.7. The van der Waals surface area contributed by atoms with Gasteiger partial charge in [-0.25, -0.2) is 0 Å². The van der Waals surface area contributed by atoms with Crippen LogP contribution in [-0.4, -0.2) is 52.4 Å². The molecule has 114 valence electrons. The third-order valence-corrected chi connectivity index (χ3v) is 2.29. The van der Waals surface area contributed by atoms with Gasteiger partial charge in [-0.15, -0.1) is 24.0 Å². The van der Waals surface area contributed by atoms with Gasteiger partial charge in [0.25, 0.3) is 0 Å². The first-order valence-electron chi connectivity index (χ1n) is 6.33. The molecule has 2 N–H and O–H groups in total. The molecule has 0 fully saturated rings. The minimum absolute atomic E-state index is 0. The maximum atomic E-state index is 10.9. The number of unbranched alkanes of at least 4 members (excludes halogenated alkanes) is 1. The van der Waals surface area contributed by atoms with Gasteiger partial charge in [0.2, 0.25) is 0 Å². The lowest BCUT2D eigenvalue weighted by molar-refractivity contribution is -0.140. The largest absolute Gasteiger partial charge is 0.469 e. The van der Waals surface area contributed by atoms with E-state index in [9.17, 15) is 4.79 Å². The summed E-state index contributed by atoms with van der Waals surface area (Å²) >= 11 is 0. The van der Waals surface area contributed by atoms with Gasteiger partial charge in [-0.05, 0) is 19.8 Å². The Morgan fingerprint density at radius 3 is 2.47 bits per heavy atom. The number of hydrogen-bond acceptors (Lipinski definition) is 4. The van der Waals surface area contributed by atoms with E-state index in [4.69, 9.17) is 4.74 Å². The molecule has 19 heavy (non-hydrogen) atoms. The van der Waals surface area contributed by atoms with Crippen molar-refractivity contribution in [1.82, 2.24) is 10.6 Å². The number of rotatable bonds is 9. The minimum atomic E-state index is -0.158. The second kappa shape index (κ2) is 15.5. The lowest BCUT2D eigenvalue weighted by atomic mass is 10.2. The lowest BCUT2D eigenvalue weighted by Crippen LogP contribution is -2.39. The van der Waals surface area contributed by atoms with Crippen molar-refractivity contribution in [2.75, 3.05) is 40.5 Å². The summed E-state index contributed by atoms with van der Waals surface area (Å²) in [7, 11) is 3.13. The van der Waals surface area contributed by atoms with Crippen LogP contribution in [0, 0.1) is 0 Å². The first-order chi connectivity index (χ1) is 8.74. The summed E-state index contributed by atoms with van der Waals surface area (Å²) in [5.41, 5.74) is 0. The number of esters is 1. The van der Waals surface area contributed by atoms with Crippen molar-refractivity contribution in [1.29, 1.82) is 0 Å². The Bertz CT molecular complexity index is 250. The Morgan fingerprint density at radius 2 is 1.89 bits per heavy atom. The summed E-state index contributed by atoms with van der Waals surface area (Å²) < 4.78 is 9.78. The van der Waals surface area contributed by atoms with Gasteiger partial charge in [0.1, 0.15) is 0 Å². The maximum absolute atomic E-state index is 10.9. The van der Waals surface area contributed by atoms with Crippen LogP contribution in [0.2, 0.25) is 0 Å². The Hall–Kier alpha value is -0.570. The fourth-order valence-corrected chi connectivity index (χ4v) is 1.31. The molecule has 7 heteroatoms. The van der Waals surface area contributed by atoms with E-state index in [-0.39, 0.29) is 29.9 Å². The van der Waals surface area contributed by atoms with Crippen LogP contribution in [0.4, 0.5) is 0 Å². The van der Waals surface area contributed by atoms with Crippen molar-refractivity contribution in [2.45, 2.75) is 26.2 Å². The van der Waals surface area contributed by atoms with Gasteiger partial charge in [-0.2, -0.15) is 0 Å². The average Bonchev–Trinajstić information content (AvgIpc) is 2.40. The molecule has 0 atom stereocenters. The molecule has 0 bridgehead atoms. The number of aliphatic imine (C=N–C) groups is 1. The molecule has 6 nitrogen and oxygen atoms in total. The number of guanidine groups is 1. The van der Waals surface area contributed by atoms with Crippen LogP contribution in [0.25, 0.3) is 0 Å². The van der Waals surface area contributed by atoms with E-state index >= 15 is 0 Å². The molecule has 0 saturated carbocycles. The van der Waals surface area contributed by atoms with E-state index in [2.05, 4.69) is 20.4 Å². The van der Waals surface area contributed by atoms with Crippen LogP contribution >= 0.6 is 24.0 Å². The first-order valence-corrected chi connectivity index (χ1v) is 6.33. The fraction of sp³-hybridized carbons (Fsp3) is 0.833. The molecular formula is C12H26IN3O3.